The number of fused-ring (bicyclic) bond motifs is 2. The summed E-state index contributed by atoms with van der Waals surface area (Å²) in [5.41, 5.74) is 0.363. The van der Waals surface area contributed by atoms with E-state index in [1.807, 2.05) is 19.1 Å². The van der Waals surface area contributed by atoms with Crippen LogP contribution < -0.4 is 10.2 Å². The molecule has 0 radical (unpaired) electrons. The van der Waals surface area contributed by atoms with Gasteiger partial charge >= 0.3 is 24.5 Å². The highest BCUT2D eigenvalue weighted by Crippen LogP contribution is 2.43. The van der Waals surface area contributed by atoms with E-state index < -0.39 is 48.3 Å². The topological polar surface area (TPSA) is 67.9 Å². The Balaban J connectivity index is 1.47. The van der Waals surface area contributed by atoms with Gasteiger partial charge in [-0.1, -0.05) is 6.07 Å². The zero-order valence-electron chi connectivity index (χ0n) is 21.0. The molecule has 0 aromatic heterocycles. The summed E-state index contributed by atoms with van der Waals surface area (Å²) in [4.78, 5) is 26.9. The second kappa shape index (κ2) is 11.2. The predicted octanol–water partition coefficient (Wildman–Crippen LogP) is 7.24. The van der Waals surface area contributed by atoms with Crippen LogP contribution in [-0.2, 0) is 39.8 Å². The van der Waals surface area contributed by atoms with Crippen LogP contribution in [-0.4, -0.2) is 31.4 Å². The number of thioether (sulfide) groups is 1. The number of hydrogen-bond acceptors (Lipinski definition) is 5. The largest absolute Gasteiger partial charge is 0.449 e. The second-order valence-electron chi connectivity index (χ2n) is 9.32. The van der Waals surface area contributed by atoms with E-state index in [-0.39, 0.29) is 30.7 Å². The Bertz CT molecular complexity index is 1220. The molecule has 6 nitrogen and oxygen atoms in total. The lowest BCUT2D eigenvalue weighted by atomic mass is 9.89. The van der Waals surface area contributed by atoms with Crippen LogP contribution in [0.15, 0.2) is 30.3 Å². The maximum Gasteiger partial charge on any atom is 0.416 e. The van der Waals surface area contributed by atoms with Crippen molar-refractivity contribution in [1.29, 1.82) is 0 Å². The molecule has 2 aliphatic heterocycles. The molecule has 212 valence electrons. The van der Waals surface area contributed by atoms with Crippen molar-refractivity contribution in [2.24, 2.45) is 0 Å². The zero-order chi connectivity index (χ0) is 28.5. The Morgan fingerprint density at radius 3 is 2.18 bits per heavy atom. The minimum Gasteiger partial charge on any atom is -0.449 e. The summed E-state index contributed by atoms with van der Waals surface area (Å²) in [7, 11) is 0. The van der Waals surface area contributed by atoms with Gasteiger partial charge in [0.1, 0.15) is 0 Å². The van der Waals surface area contributed by atoms with E-state index in [1.54, 1.807) is 23.6 Å². The van der Waals surface area contributed by atoms with Crippen molar-refractivity contribution in [3.63, 3.8) is 0 Å². The molecule has 0 fully saturated rings. The summed E-state index contributed by atoms with van der Waals surface area (Å²) in [5, 5.41) is 2.74. The van der Waals surface area contributed by atoms with E-state index in [9.17, 15) is 35.9 Å². The first-order chi connectivity index (χ1) is 18.3. The molecule has 0 spiro atoms. The van der Waals surface area contributed by atoms with E-state index >= 15 is 0 Å². The SMILES string of the molecule is CCOC(=O)N1c2cc3c(cc2[C@@H](NC(=O)OCCc2cc(C(F)(F)F)cc(C(F)(F)F)c2)C[C@H]1C)CSC3. The van der Waals surface area contributed by atoms with Gasteiger partial charge in [-0.2, -0.15) is 38.1 Å². The lowest BCUT2D eigenvalue weighted by molar-refractivity contribution is -0.143. The molecule has 1 N–H and O–H groups in total. The Labute approximate surface area is 225 Å². The summed E-state index contributed by atoms with van der Waals surface area (Å²) in [6.45, 7) is 3.28. The zero-order valence-corrected chi connectivity index (χ0v) is 21.9. The van der Waals surface area contributed by atoms with E-state index in [0.717, 1.165) is 22.6 Å². The van der Waals surface area contributed by atoms with E-state index in [0.29, 0.717) is 29.8 Å². The molecule has 2 aromatic rings. The van der Waals surface area contributed by atoms with Crippen molar-refractivity contribution in [1.82, 2.24) is 5.32 Å². The maximum atomic E-state index is 13.1. The Morgan fingerprint density at radius 2 is 1.59 bits per heavy atom. The van der Waals surface area contributed by atoms with E-state index in [4.69, 9.17) is 9.47 Å². The van der Waals surface area contributed by atoms with Crippen LogP contribution in [0.1, 0.15) is 59.7 Å². The van der Waals surface area contributed by atoms with Crippen molar-refractivity contribution in [3.8, 4) is 0 Å². The van der Waals surface area contributed by atoms with Crippen LogP contribution in [0, 0.1) is 0 Å². The average molecular weight is 577 g/mol. The van der Waals surface area contributed by atoms with Gasteiger partial charge in [-0.25, -0.2) is 9.59 Å². The van der Waals surface area contributed by atoms with Crippen molar-refractivity contribution in [2.75, 3.05) is 18.1 Å². The molecule has 2 aliphatic rings. The molecule has 0 aliphatic carbocycles. The lowest BCUT2D eigenvalue weighted by Crippen LogP contribution is -2.46. The Hall–Kier alpha value is -3.09. The van der Waals surface area contributed by atoms with Crippen molar-refractivity contribution < 1.29 is 45.4 Å². The fraction of sp³-hybridized carbons (Fsp3) is 0.462. The number of hydrogen-bond donors (Lipinski definition) is 1. The third-order valence-electron chi connectivity index (χ3n) is 6.54. The van der Waals surface area contributed by atoms with Crippen LogP contribution in [0.4, 0.5) is 41.6 Å². The smallest absolute Gasteiger partial charge is 0.416 e. The lowest BCUT2D eigenvalue weighted by Gasteiger charge is -2.39. The number of carbonyl (C=O) groups excluding carboxylic acids is 2. The number of rotatable bonds is 5. The number of halogens is 6. The summed E-state index contributed by atoms with van der Waals surface area (Å²) < 4.78 is 89.0. The number of benzene rings is 2. The molecule has 4 rings (SSSR count). The third-order valence-corrected chi connectivity index (χ3v) is 7.57. The third kappa shape index (κ3) is 6.56. The molecule has 2 amide bonds. The molecule has 0 bridgehead atoms. The summed E-state index contributed by atoms with van der Waals surface area (Å²) >= 11 is 1.72. The molecule has 2 aromatic carbocycles. The molecule has 0 saturated heterocycles. The number of amides is 2. The molecule has 39 heavy (non-hydrogen) atoms. The van der Waals surface area contributed by atoms with Crippen LogP contribution >= 0.6 is 11.8 Å². The monoisotopic (exact) mass is 576 g/mol. The van der Waals surface area contributed by atoms with Gasteiger partial charge in [0.15, 0.2) is 0 Å². The number of ether oxygens (including phenoxy) is 2. The van der Waals surface area contributed by atoms with Gasteiger partial charge in [-0.3, -0.25) is 4.90 Å². The van der Waals surface area contributed by atoms with Crippen LogP contribution in [0.25, 0.3) is 0 Å². The first kappa shape index (κ1) is 28.9. The quantitative estimate of drug-likeness (QED) is 0.380. The minimum atomic E-state index is -4.96. The summed E-state index contributed by atoms with van der Waals surface area (Å²) in [6.07, 6.45) is -11.3. The van der Waals surface area contributed by atoms with Gasteiger partial charge in [0.25, 0.3) is 0 Å². The highest BCUT2D eigenvalue weighted by atomic mass is 32.2. The van der Waals surface area contributed by atoms with Gasteiger partial charge in [-0.15, -0.1) is 0 Å². The van der Waals surface area contributed by atoms with Crippen molar-refractivity contribution in [2.45, 2.75) is 62.6 Å². The van der Waals surface area contributed by atoms with Crippen molar-refractivity contribution in [3.05, 3.63) is 63.7 Å². The average Bonchev–Trinajstić information content (AvgIpc) is 3.29. The second-order valence-corrected chi connectivity index (χ2v) is 10.3. The number of nitrogens with one attached hydrogen (secondary N) is 1. The number of alkyl halides is 6. The standard InChI is InChI=1S/C26H26F6N2O4S/c1-3-37-24(36)34-14(2)6-21(20-9-16-12-39-13-17(16)10-22(20)34)33-23(35)38-5-4-15-7-18(25(27,28)29)11-19(8-15)26(30,31)32/h7-11,14,21H,3-6,12-13H2,1-2H3,(H,33,35)/t14-,21+/m1/s1. The molecule has 0 unspecified atom stereocenters. The first-order valence-corrected chi connectivity index (χ1v) is 13.3. The first-order valence-electron chi connectivity index (χ1n) is 12.2. The Morgan fingerprint density at radius 1 is 0.974 bits per heavy atom. The molecular weight excluding hydrogens is 550 g/mol. The normalized spacial score (nSPS) is 18.8. The molecule has 2 heterocycles. The van der Waals surface area contributed by atoms with Gasteiger partial charge in [-0.05, 0) is 66.8 Å². The van der Waals surface area contributed by atoms with Gasteiger partial charge < -0.3 is 14.8 Å². The summed E-state index contributed by atoms with van der Waals surface area (Å²) in [5.74, 6) is 1.57. The van der Waals surface area contributed by atoms with E-state index in [1.165, 1.54) is 0 Å². The van der Waals surface area contributed by atoms with Crippen LogP contribution in [0.2, 0.25) is 0 Å². The highest BCUT2D eigenvalue weighted by Gasteiger charge is 2.38. The minimum absolute atomic E-state index is 0.0492. The molecule has 0 saturated carbocycles. The highest BCUT2D eigenvalue weighted by molar-refractivity contribution is 7.98. The van der Waals surface area contributed by atoms with Crippen LogP contribution in [0.5, 0.6) is 0 Å². The molecular formula is C26H26F6N2O4S. The van der Waals surface area contributed by atoms with Gasteiger partial charge in [0, 0.05) is 24.0 Å². The van der Waals surface area contributed by atoms with Gasteiger partial charge in [0.05, 0.1) is 36.1 Å². The van der Waals surface area contributed by atoms with Crippen molar-refractivity contribution >= 4 is 29.6 Å². The van der Waals surface area contributed by atoms with E-state index in [2.05, 4.69) is 5.32 Å². The number of nitrogens with zero attached hydrogens (tertiary/aromatic N) is 1. The predicted molar refractivity (Wildman–Crippen MR) is 132 cm³/mol. The fourth-order valence-electron chi connectivity index (χ4n) is 4.75. The molecule has 2 atom stereocenters. The molecule has 13 heteroatoms. The van der Waals surface area contributed by atoms with Gasteiger partial charge in [0.2, 0.25) is 0 Å². The number of carbonyl (C=O) groups is 2. The maximum absolute atomic E-state index is 13.1. The fourth-order valence-corrected chi connectivity index (χ4v) is 5.83. The number of anilines is 1. The Kier molecular flexibility index (Phi) is 8.29. The summed E-state index contributed by atoms with van der Waals surface area (Å²) in [6, 6.07) is 4.26. The number of alkyl carbamates (subject to hydrolysis) is 1. The van der Waals surface area contributed by atoms with Crippen LogP contribution in [0.3, 0.4) is 0 Å².